The molecule has 6 nitrogen and oxygen atoms in total. The number of rotatable bonds is 5. The predicted octanol–water partition coefficient (Wildman–Crippen LogP) is 3.64. The van der Waals surface area contributed by atoms with Gasteiger partial charge in [-0.15, -0.1) is 11.3 Å². The van der Waals surface area contributed by atoms with Crippen LogP contribution >= 0.6 is 11.3 Å². The molecule has 25 heavy (non-hydrogen) atoms. The summed E-state index contributed by atoms with van der Waals surface area (Å²) in [6.45, 7) is 5.84. The fourth-order valence-corrected chi connectivity index (χ4v) is 3.49. The number of hydrogen-bond acceptors (Lipinski definition) is 6. The Hall–Kier alpha value is -2.67. The predicted molar refractivity (Wildman–Crippen MR) is 98.7 cm³/mol. The zero-order valence-corrected chi connectivity index (χ0v) is 15.4. The molecule has 3 aromatic rings. The standard InChI is InChI=1S/C18H19N3O3S/c1-10-5-6-14(23-4)13(7-10)21-15(22)8-24-17-16-11(2)12(3)25-18(16)20-9-19-17/h5-7,9H,8H2,1-4H3,(H,21,22). The van der Waals surface area contributed by atoms with Crippen LogP contribution in [-0.2, 0) is 4.79 Å². The Labute approximate surface area is 149 Å². The van der Waals surface area contributed by atoms with Crippen LogP contribution in [0.1, 0.15) is 16.0 Å². The number of hydrogen-bond donors (Lipinski definition) is 1. The van der Waals surface area contributed by atoms with Crippen molar-refractivity contribution in [1.29, 1.82) is 0 Å². The molecule has 0 saturated heterocycles. The van der Waals surface area contributed by atoms with E-state index in [1.807, 2.05) is 39.0 Å². The van der Waals surface area contributed by atoms with Gasteiger partial charge in [0.05, 0.1) is 18.2 Å². The lowest BCUT2D eigenvalue weighted by molar-refractivity contribution is -0.118. The highest BCUT2D eigenvalue weighted by Gasteiger charge is 2.15. The third-order valence-corrected chi connectivity index (χ3v) is 5.01. The SMILES string of the molecule is COc1ccc(C)cc1NC(=O)COc1ncnc2sc(C)c(C)c12. The molecular formula is C18H19N3O3S. The first-order valence-corrected chi connectivity index (χ1v) is 8.59. The molecule has 7 heteroatoms. The van der Waals surface area contributed by atoms with Gasteiger partial charge in [0.2, 0.25) is 5.88 Å². The number of fused-ring (bicyclic) bond motifs is 1. The van der Waals surface area contributed by atoms with Gasteiger partial charge in [0.15, 0.2) is 6.61 Å². The monoisotopic (exact) mass is 357 g/mol. The molecule has 0 radical (unpaired) electrons. The van der Waals surface area contributed by atoms with Gasteiger partial charge in [-0.3, -0.25) is 4.79 Å². The summed E-state index contributed by atoms with van der Waals surface area (Å²) in [6, 6.07) is 5.59. The van der Waals surface area contributed by atoms with E-state index in [0.717, 1.165) is 26.2 Å². The Morgan fingerprint density at radius 3 is 2.80 bits per heavy atom. The molecule has 130 valence electrons. The summed E-state index contributed by atoms with van der Waals surface area (Å²) < 4.78 is 10.9. The van der Waals surface area contributed by atoms with Crippen LogP contribution in [0.15, 0.2) is 24.5 Å². The van der Waals surface area contributed by atoms with Crippen molar-refractivity contribution in [2.45, 2.75) is 20.8 Å². The molecule has 2 aromatic heterocycles. The van der Waals surface area contributed by atoms with E-state index in [4.69, 9.17) is 9.47 Å². The Balaban J connectivity index is 1.74. The fraction of sp³-hybridized carbons (Fsp3) is 0.278. The van der Waals surface area contributed by atoms with Gasteiger partial charge in [-0.2, -0.15) is 0 Å². The highest BCUT2D eigenvalue weighted by atomic mass is 32.1. The minimum atomic E-state index is -0.278. The molecule has 0 unspecified atom stereocenters. The topological polar surface area (TPSA) is 73.3 Å². The smallest absolute Gasteiger partial charge is 0.262 e. The number of benzene rings is 1. The summed E-state index contributed by atoms with van der Waals surface area (Å²) >= 11 is 1.59. The van der Waals surface area contributed by atoms with E-state index in [-0.39, 0.29) is 12.5 Å². The molecule has 0 bridgehead atoms. The number of carbonyl (C=O) groups is 1. The van der Waals surface area contributed by atoms with E-state index in [1.54, 1.807) is 18.4 Å². The maximum atomic E-state index is 12.3. The zero-order valence-electron chi connectivity index (χ0n) is 14.5. The molecule has 1 aromatic carbocycles. The van der Waals surface area contributed by atoms with Crippen molar-refractivity contribution in [2.24, 2.45) is 0 Å². The molecular weight excluding hydrogens is 338 g/mol. The van der Waals surface area contributed by atoms with Crippen molar-refractivity contribution in [2.75, 3.05) is 19.0 Å². The summed E-state index contributed by atoms with van der Waals surface area (Å²) in [4.78, 5) is 22.7. The van der Waals surface area contributed by atoms with Crippen molar-refractivity contribution in [1.82, 2.24) is 9.97 Å². The summed E-state index contributed by atoms with van der Waals surface area (Å²) in [5, 5.41) is 3.68. The maximum Gasteiger partial charge on any atom is 0.262 e. The van der Waals surface area contributed by atoms with E-state index in [2.05, 4.69) is 15.3 Å². The van der Waals surface area contributed by atoms with Gasteiger partial charge in [0.25, 0.3) is 5.91 Å². The molecule has 0 fully saturated rings. The maximum absolute atomic E-state index is 12.3. The van der Waals surface area contributed by atoms with Crippen LogP contribution in [0.5, 0.6) is 11.6 Å². The fourth-order valence-electron chi connectivity index (χ4n) is 2.50. The van der Waals surface area contributed by atoms with E-state index < -0.39 is 0 Å². The second-order valence-electron chi connectivity index (χ2n) is 5.68. The molecule has 1 N–H and O–H groups in total. The minimum Gasteiger partial charge on any atom is -0.495 e. The third kappa shape index (κ3) is 3.56. The molecule has 0 aliphatic rings. The average Bonchev–Trinajstić information content (AvgIpc) is 2.88. The van der Waals surface area contributed by atoms with Crippen LogP contribution in [0.25, 0.3) is 10.2 Å². The van der Waals surface area contributed by atoms with Crippen molar-refractivity contribution >= 4 is 33.1 Å². The second-order valence-corrected chi connectivity index (χ2v) is 6.89. The molecule has 0 atom stereocenters. The first-order valence-electron chi connectivity index (χ1n) is 7.77. The molecule has 0 saturated carbocycles. The lowest BCUT2D eigenvalue weighted by atomic mass is 10.2. The number of methoxy groups -OCH3 is 1. The van der Waals surface area contributed by atoms with Crippen molar-refractivity contribution in [3.05, 3.63) is 40.5 Å². The highest BCUT2D eigenvalue weighted by molar-refractivity contribution is 7.18. The first kappa shape index (κ1) is 17.2. The number of nitrogens with one attached hydrogen (secondary N) is 1. The van der Waals surface area contributed by atoms with Gasteiger partial charge < -0.3 is 14.8 Å². The largest absolute Gasteiger partial charge is 0.495 e. The molecule has 1 amide bonds. The second kappa shape index (κ2) is 7.06. The van der Waals surface area contributed by atoms with E-state index in [0.29, 0.717) is 17.3 Å². The number of amides is 1. The van der Waals surface area contributed by atoms with Gasteiger partial charge in [0, 0.05) is 4.88 Å². The minimum absolute atomic E-state index is 0.141. The summed E-state index contributed by atoms with van der Waals surface area (Å²) in [5.41, 5.74) is 2.72. The Bertz CT molecular complexity index is 937. The van der Waals surface area contributed by atoms with Crippen molar-refractivity contribution < 1.29 is 14.3 Å². The van der Waals surface area contributed by atoms with Gasteiger partial charge >= 0.3 is 0 Å². The number of carbonyl (C=O) groups excluding carboxylic acids is 1. The van der Waals surface area contributed by atoms with Gasteiger partial charge in [-0.05, 0) is 44.0 Å². The Morgan fingerprint density at radius 1 is 1.24 bits per heavy atom. The lowest BCUT2D eigenvalue weighted by Crippen LogP contribution is -2.21. The number of ether oxygens (including phenoxy) is 2. The van der Waals surface area contributed by atoms with Gasteiger partial charge in [-0.25, -0.2) is 9.97 Å². The van der Waals surface area contributed by atoms with Crippen LogP contribution in [0.3, 0.4) is 0 Å². The molecule has 3 rings (SSSR count). The van der Waals surface area contributed by atoms with Crippen LogP contribution in [-0.4, -0.2) is 29.6 Å². The number of anilines is 1. The highest BCUT2D eigenvalue weighted by Crippen LogP contribution is 2.33. The summed E-state index contributed by atoms with van der Waals surface area (Å²) in [6.07, 6.45) is 1.45. The normalized spacial score (nSPS) is 10.7. The summed E-state index contributed by atoms with van der Waals surface area (Å²) in [5.74, 6) is 0.756. The van der Waals surface area contributed by atoms with E-state index >= 15 is 0 Å². The van der Waals surface area contributed by atoms with Gasteiger partial charge in [0.1, 0.15) is 16.9 Å². The number of nitrogens with zero attached hydrogens (tertiary/aromatic N) is 2. The Kier molecular flexibility index (Phi) is 4.85. The van der Waals surface area contributed by atoms with Crippen LogP contribution in [0.2, 0.25) is 0 Å². The summed E-state index contributed by atoms with van der Waals surface area (Å²) in [7, 11) is 1.57. The Morgan fingerprint density at radius 2 is 2.04 bits per heavy atom. The molecule has 0 aliphatic heterocycles. The molecule has 2 heterocycles. The van der Waals surface area contributed by atoms with Crippen LogP contribution < -0.4 is 14.8 Å². The number of thiophene rings is 1. The van der Waals surface area contributed by atoms with Gasteiger partial charge in [-0.1, -0.05) is 6.07 Å². The van der Waals surface area contributed by atoms with Crippen LogP contribution in [0.4, 0.5) is 5.69 Å². The third-order valence-electron chi connectivity index (χ3n) is 3.90. The zero-order chi connectivity index (χ0) is 18.0. The van der Waals surface area contributed by atoms with E-state index in [9.17, 15) is 4.79 Å². The number of aryl methyl sites for hydroxylation is 3. The van der Waals surface area contributed by atoms with Crippen LogP contribution in [0, 0.1) is 20.8 Å². The van der Waals surface area contributed by atoms with Crippen molar-refractivity contribution in [3.8, 4) is 11.6 Å². The quantitative estimate of drug-likeness (QED) is 0.755. The number of aromatic nitrogens is 2. The average molecular weight is 357 g/mol. The van der Waals surface area contributed by atoms with Crippen molar-refractivity contribution in [3.63, 3.8) is 0 Å². The van der Waals surface area contributed by atoms with E-state index in [1.165, 1.54) is 6.33 Å². The molecule has 0 aliphatic carbocycles. The first-order chi connectivity index (χ1) is 12.0. The molecule has 0 spiro atoms. The lowest BCUT2D eigenvalue weighted by Gasteiger charge is -2.11.